The van der Waals surface area contributed by atoms with E-state index in [9.17, 15) is 0 Å². The van der Waals surface area contributed by atoms with Crippen LogP contribution in [-0.4, -0.2) is 11.0 Å². The molecule has 4 nitrogen and oxygen atoms in total. The molecule has 2 aromatic carbocycles. The summed E-state index contributed by atoms with van der Waals surface area (Å²) in [5.41, 5.74) is 8.60. The molecular formula is C15H16BrN3O. The van der Waals surface area contributed by atoms with E-state index in [0.717, 1.165) is 22.1 Å². The highest BCUT2D eigenvalue weighted by molar-refractivity contribution is 9.10. The lowest BCUT2D eigenvalue weighted by molar-refractivity contribution is 0.318. The van der Waals surface area contributed by atoms with Gasteiger partial charge in [0.05, 0.1) is 0 Å². The van der Waals surface area contributed by atoms with Gasteiger partial charge in [0.25, 0.3) is 0 Å². The zero-order valence-corrected chi connectivity index (χ0v) is 12.5. The summed E-state index contributed by atoms with van der Waals surface area (Å²) in [5.74, 6) is 0.129. The Morgan fingerprint density at radius 1 is 1.15 bits per heavy atom. The van der Waals surface area contributed by atoms with Crippen molar-refractivity contribution in [2.75, 3.05) is 0 Å². The van der Waals surface area contributed by atoms with Crippen LogP contribution in [0.3, 0.4) is 0 Å². The monoisotopic (exact) mass is 333 g/mol. The molecule has 0 amide bonds. The van der Waals surface area contributed by atoms with E-state index in [1.807, 2.05) is 36.4 Å². The number of hydrogen-bond acceptors (Lipinski definition) is 3. The molecule has 4 N–H and O–H groups in total. The maximum Gasteiger partial charge on any atom is 0.170 e. The first-order chi connectivity index (χ1) is 9.70. The molecule has 0 aromatic heterocycles. The summed E-state index contributed by atoms with van der Waals surface area (Å²) in [6, 6.07) is 15.7. The average Bonchev–Trinajstić information content (AvgIpc) is 2.47. The van der Waals surface area contributed by atoms with Gasteiger partial charge in [-0.3, -0.25) is 0 Å². The molecule has 0 saturated carbocycles. The summed E-state index contributed by atoms with van der Waals surface area (Å²) < 4.78 is 1.06. The SMILES string of the molecule is NC(=NO)c1ccccc1CNCc1cccc(Br)c1. The lowest BCUT2D eigenvalue weighted by Crippen LogP contribution is -2.19. The van der Waals surface area contributed by atoms with Gasteiger partial charge in [-0.05, 0) is 23.3 Å². The Balaban J connectivity index is 2.01. The molecule has 5 heteroatoms. The molecule has 0 radical (unpaired) electrons. The molecule has 0 atom stereocenters. The van der Waals surface area contributed by atoms with Crippen molar-refractivity contribution in [2.45, 2.75) is 13.1 Å². The van der Waals surface area contributed by atoms with Crippen molar-refractivity contribution >= 4 is 21.8 Å². The molecule has 0 bridgehead atoms. The van der Waals surface area contributed by atoms with Crippen LogP contribution in [0.25, 0.3) is 0 Å². The number of rotatable bonds is 5. The number of nitrogens with one attached hydrogen (secondary N) is 1. The molecule has 104 valence electrons. The van der Waals surface area contributed by atoms with Crippen LogP contribution in [0.4, 0.5) is 0 Å². The van der Waals surface area contributed by atoms with Gasteiger partial charge in [0.2, 0.25) is 0 Å². The topological polar surface area (TPSA) is 70.6 Å². The minimum Gasteiger partial charge on any atom is -0.409 e. The minimum absolute atomic E-state index is 0.129. The molecule has 20 heavy (non-hydrogen) atoms. The number of nitrogens with two attached hydrogens (primary N) is 1. The quantitative estimate of drug-likeness (QED) is 0.341. The molecule has 0 unspecified atom stereocenters. The van der Waals surface area contributed by atoms with Crippen LogP contribution in [-0.2, 0) is 13.1 Å². The van der Waals surface area contributed by atoms with Crippen LogP contribution in [0.1, 0.15) is 16.7 Å². The number of halogens is 1. The van der Waals surface area contributed by atoms with Gasteiger partial charge in [0.15, 0.2) is 5.84 Å². The van der Waals surface area contributed by atoms with Gasteiger partial charge in [0.1, 0.15) is 0 Å². The Bertz CT molecular complexity index is 614. The zero-order chi connectivity index (χ0) is 14.4. The number of amidine groups is 1. The van der Waals surface area contributed by atoms with E-state index in [1.54, 1.807) is 0 Å². The van der Waals surface area contributed by atoms with Crippen molar-refractivity contribution in [3.63, 3.8) is 0 Å². The Morgan fingerprint density at radius 2 is 1.95 bits per heavy atom. The molecule has 2 rings (SSSR count). The lowest BCUT2D eigenvalue weighted by atomic mass is 10.1. The lowest BCUT2D eigenvalue weighted by Gasteiger charge is -2.09. The fraction of sp³-hybridized carbons (Fsp3) is 0.133. The molecule has 0 heterocycles. The Kier molecular flexibility index (Phi) is 5.15. The zero-order valence-electron chi connectivity index (χ0n) is 10.9. The van der Waals surface area contributed by atoms with Crippen molar-refractivity contribution in [3.05, 3.63) is 69.7 Å². The number of oxime groups is 1. The summed E-state index contributed by atoms with van der Waals surface area (Å²) in [6.45, 7) is 1.41. The number of benzene rings is 2. The smallest absolute Gasteiger partial charge is 0.170 e. The number of hydrogen-bond donors (Lipinski definition) is 3. The van der Waals surface area contributed by atoms with Gasteiger partial charge < -0.3 is 16.3 Å². The molecule has 0 aliphatic rings. The Hall–Kier alpha value is -1.85. The van der Waals surface area contributed by atoms with Gasteiger partial charge in [-0.2, -0.15) is 0 Å². The standard InChI is InChI=1S/C15H16BrN3O/c16-13-6-3-4-11(8-13)9-18-10-12-5-1-2-7-14(12)15(17)19-20/h1-8,18,20H,9-10H2,(H2,17,19). The second-order valence-corrected chi connectivity index (χ2v) is 5.29. The van der Waals surface area contributed by atoms with Crippen molar-refractivity contribution in [1.82, 2.24) is 5.32 Å². The van der Waals surface area contributed by atoms with E-state index in [2.05, 4.69) is 38.5 Å². The second kappa shape index (κ2) is 7.07. The van der Waals surface area contributed by atoms with E-state index >= 15 is 0 Å². The molecule has 0 saturated heterocycles. The van der Waals surface area contributed by atoms with Gasteiger partial charge >= 0.3 is 0 Å². The van der Waals surface area contributed by atoms with Crippen LogP contribution in [0, 0.1) is 0 Å². The van der Waals surface area contributed by atoms with Crippen LogP contribution < -0.4 is 11.1 Å². The first kappa shape index (κ1) is 14.6. The first-order valence-electron chi connectivity index (χ1n) is 6.21. The molecule has 0 spiro atoms. The highest BCUT2D eigenvalue weighted by atomic mass is 79.9. The van der Waals surface area contributed by atoms with Gasteiger partial charge in [0, 0.05) is 23.1 Å². The van der Waals surface area contributed by atoms with Crippen LogP contribution >= 0.6 is 15.9 Å². The predicted molar refractivity (Wildman–Crippen MR) is 83.6 cm³/mol. The predicted octanol–water partition coefficient (Wildman–Crippen LogP) is 2.83. The van der Waals surface area contributed by atoms with Crippen molar-refractivity contribution < 1.29 is 5.21 Å². The summed E-state index contributed by atoms with van der Waals surface area (Å²) in [4.78, 5) is 0. The van der Waals surface area contributed by atoms with Crippen LogP contribution in [0.2, 0.25) is 0 Å². The van der Waals surface area contributed by atoms with Crippen molar-refractivity contribution in [1.29, 1.82) is 0 Å². The van der Waals surface area contributed by atoms with Gasteiger partial charge in [-0.1, -0.05) is 57.5 Å². The molecule has 0 aliphatic carbocycles. The van der Waals surface area contributed by atoms with Gasteiger partial charge in [-0.15, -0.1) is 0 Å². The van der Waals surface area contributed by atoms with Crippen LogP contribution in [0.5, 0.6) is 0 Å². The maximum atomic E-state index is 8.78. The summed E-state index contributed by atoms with van der Waals surface area (Å²) in [6.07, 6.45) is 0. The van der Waals surface area contributed by atoms with Crippen molar-refractivity contribution in [3.8, 4) is 0 Å². The average molecular weight is 334 g/mol. The third kappa shape index (κ3) is 3.82. The minimum atomic E-state index is 0.129. The summed E-state index contributed by atoms with van der Waals surface area (Å²) in [5, 5.41) is 15.2. The van der Waals surface area contributed by atoms with E-state index in [4.69, 9.17) is 10.9 Å². The summed E-state index contributed by atoms with van der Waals surface area (Å²) >= 11 is 3.45. The molecule has 2 aromatic rings. The molecular weight excluding hydrogens is 318 g/mol. The third-order valence-electron chi connectivity index (χ3n) is 2.93. The maximum absolute atomic E-state index is 8.78. The fourth-order valence-electron chi connectivity index (χ4n) is 1.97. The van der Waals surface area contributed by atoms with Crippen molar-refractivity contribution in [2.24, 2.45) is 10.9 Å². The first-order valence-corrected chi connectivity index (χ1v) is 7.01. The number of nitrogens with zero attached hydrogens (tertiary/aromatic N) is 1. The Labute approximate surface area is 126 Å². The second-order valence-electron chi connectivity index (χ2n) is 4.38. The molecule has 0 aliphatic heterocycles. The highest BCUT2D eigenvalue weighted by Gasteiger charge is 2.05. The van der Waals surface area contributed by atoms with E-state index in [1.165, 1.54) is 5.56 Å². The fourth-order valence-corrected chi connectivity index (χ4v) is 2.41. The van der Waals surface area contributed by atoms with E-state index < -0.39 is 0 Å². The molecule has 0 fully saturated rings. The normalized spacial score (nSPS) is 11.6. The van der Waals surface area contributed by atoms with E-state index in [0.29, 0.717) is 6.54 Å². The third-order valence-corrected chi connectivity index (χ3v) is 3.43. The summed E-state index contributed by atoms with van der Waals surface area (Å²) in [7, 11) is 0. The largest absolute Gasteiger partial charge is 0.409 e. The van der Waals surface area contributed by atoms with Gasteiger partial charge in [-0.25, -0.2) is 0 Å². The highest BCUT2D eigenvalue weighted by Crippen LogP contribution is 2.12. The van der Waals surface area contributed by atoms with Crippen LogP contribution in [0.15, 0.2) is 58.2 Å². The Morgan fingerprint density at radius 3 is 2.70 bits per heavy atom. The van der Waals surface area contributed by atoms with E-state index in [-0.39, 0.29) is 5.84 Å².